The lowest BCUT2D eigenvalue weighted by atomic mass is 10.2. The first-order valence-corrected chi connectivity index (χ1v) is 5.75. The van der Waals surface area contributed by atoms with Crippen molar-refractivity contribution in [2.75, 3.05) is 13.7 Å². The van der Waals surface area contributed by atoms with Crippen LogP contribution in [0.5, 0.6) is 0 Å². The molecule has 0 heterocycles. The van der Waals surface area contributed by atoms with Gasteiger partial charge in [0.2, 0.25) is 5.91 Å². The molecule has 1 aromatic carbocycles. The summed E-state index contributed by atoms with van der Waals surface area (Å²) in [6, 6.07) is 5.98. The van der Waals surface area contributed by atoms with Crippen molar-refractivity contribution >= 4 is 17.7 Å². The number of rotatable bonds is 6. The van der Waals surface area contributed by atoms with Gasteiger partial charge in [0.25, 0.3) is 5.69 Å². The molecule has 1 rings (SSSR count). The summed E-state index contributed by atoms with van der Waals surface area (Å²) in [7, 11) is 1.56. The lowest BCUT2D eigenvalue weighted by Crippen LogP contribution is -2.34. The van der Waals surface area contributed by atoms with E-state index in [0.29, 0.717) is 12.2 Å². The summed E-state index contributed by atoms with van der Waals surface area (Å²) in [5, 5.41) is 13.3. The van der Waals surface area contributed by atoms with Crippen molar-refractivity contribution < 1.29 is 14.5 Å². The Morgan fingerprint density at radius 1 is 1.58 bits per heavy atom. The molecule has 0 spiro atoms. The summed E-state index contributed by atoms with van der Waals surface area (Å²) in [5.41, 5.74) is 0.596. The molecule has 1 N–H and O–H groups in total. The fourth-order valence-electron chi connectivity index (χ4n) is 1.50. The van der Waals surface area contributed by atoms with Crippen LogP contribution in [0.3, 0.4) is 0 Å². The maximum atomic E-state index is 11.5. The van der Waals surface area contributed by atoms with Gasteiger partial charge in [0.1, 0.15) is 0 Å². The third-order valence-electron chi connectivity index (χ3n) is 2.31. The Hall–Kier alpha value is -2.21. The van der Waals surface area contributed by atoms with Crippen LogP contribution < -0.4 is 5.32 Å². The molecular formula is C13H16N2O4. The van der Waals surface area contributed by atoms with Crippen molar-refractivity contribution in [2.45, 2.75) is 13.0 Å². The van der Waals surface area contributed by atoms with Crippen LogP contribution in [-0.4, -0.2) is 30.6 Å². The van der Waals surface area contributed by atoms with Gasteiger partial charge in [0.15, 0.2) is 0 Å². The number of ether oxygens (including phenoxy) is 1. The molecule has 0 saturated carbocycles. The van der Waals surface area contributed by atoms with Crippen LogP contribution in [-0.2, 0) is 9.53 Å². The highest BCUT2D eigenvalue weighted by atomic mass is 16.6. The zero-order valence-electron chi connectivity index (χ0n) is 10.8. The molecule has 1 unspecified atom stereocenters. The van der Waals surface area contributed by atoms with Crippen LogP contribution >= 0.6 is 0 Å². The molecule has 1 aromatic rings. The number of non-ortho nitro benzene ring substituents is 1. The molecule has 102 valence electrons. The molecule has 0 aliphatic heterocycles. The Kier molecular flexibility index (Phi) is 5.69. The van der Waals surface area contributed by atoms with Crippen molar-refractivity contribution in [1.82, 2.24) is 5.32 Å². The van der Waals surface area contributed by atoms with Crippen LogP contribution in [0.15, 0.2) is 30.3 Å². The standard InChI is InChI=1S/C13H16N2O4/c1-10(9-19-2)14-13(16)7-6-11-4-3-5-12(8-11)15(17)18/h3-8,10H,9H2,1-2H3,(H,14,16)/b7-6+. The van der Waals surface area contributed by atoms with Gasteiger partial charge >= 0.3 is 0 Å². The van der Waals surface area contributed by atoms with E-state index in [1.54, 1.807) is 19.2 Å². The first kappa shape index (κ1) is 14.8. The molecule has 19 heavy (non-hydrogen) atoms. The molecular weight excluding hydrogens is 248 g/mol. The maximum Gasteiger partial charge on any atom is 0.270 e. The molecule has 0 fully saturated rings. The summed E-state index contributed by atoms with van der Waals surface area (Å²) in [6.45, 7) is 2.25. The predicted octanol–water partition coefficient (Wildman–Crippen LogP) is 1.76. The van der Waals surface area contributed by atoms with Crippen LogP contribution in [0.2, 0.25) is 0 Å². The van der Waals surface area contributed by atoms with Crippen LogP contribution in [0.1, 0.15) is 12.5 Å². The normalized spacial score (nSPS) is 12.3. The fraction of sp³-hybridized carbons (Fsp3) is 0.308. The topological polar surface area (TPSA) is 81.5 Å². The number of carbonyl (C=O) groups excluding carboxylic acids is 1. The number of hydrogen-bond acceptors (Lipinski definition) is 4. The highest BCUT2D eigenvalue weighted by molar-refractivity contribution is 5.91. The van der Waals surface area contributed by atoms with Gasteiger partial charge in [0, 0.05) is 31.4 Å². The summed E-state index contributed by atoms with van der Waals surface area (Å²) < 4.78 is 4.90. The predicted molar refractivity (Wildman–Crippen MR) is 71.6 cm³/mol. The second-order valence-electron chi connectivity index (χ2n) is 4.05. The van der Waals surface area contributed by atoms with Gasteiger partial charge < -0.3 is 10.1 Å². The molecule has 0 aliphatic rings. The Balaban J connectivity index is 2.63. The average Bonchev–Trinajstić information content (AvgIpc) is 2.37. The monoisotopic (exact) mass is 264 g/mol. The van der Waals surface area contributed by atoms with Crippen molar-refractivity contribution in [1.29, 1.82) is 0 Å². The highest BCUT2D eigenvalue weighted by Gasteiger charge is 2.05. The first-order chi connectivity index (χ1) is 9.02. The van der Waals surface area contributed by atoms with Crippen LogP contribution in [0.4, 0.5) is 5.69 Å². The average molecular weight is 264 g/mol. The van der Waals surface area contributed by atoms with E-state index < -0.39 is 4.92 Å². The number of amides is 1. The lowest BCUT2D eigenvalue weighted by molar-refractivity contribution is -0.384. The zero-order chi connectivity index (χ0) is 14.3. The molecule has 6 heteroatoms. The van der Waals surface area contributed by atoms with Gasteiger partial charge in [-0.05, 0) is 18.6 Å². The van der Waals surface area contributed by atoms with E-state index in [9.17, 15) is 14.9 Å². The van der Waals surface area contributed by atoms with Crippen molar-refractivity contribution in [3.63, 3.8) is 0 Å². The molecule has 6 nitrogen and oxygen atoms in total. The second kappa shape index (κ2) is 7.27. The summed E-state index contributed by atoms with van der Waals surface area (Å²) >= 11 is 0. The zero-order valence-corrected chi connectivity index (χ0v) is 10.8. The number of nitro benzene ring substituents is 1. The molecule has 0 aliphatic carbocycles. The number of hydrogen-bond donors (Lipinski definition) is 1. The highest BCUT2D eigenvalue weighted by Crippen LogP contribution is 2.13. The fourth-order valence-corrected chi connectivity index (χ4v) is 1.50. The number of benzene rings is 1. The minimum Gasteiger partial charge on any atom is -0.383 e. The van der Waals surface area contributed by atoms with Gasteiger partial charge in [-0.1, -0.05) is 12.1 Å². The maximum absolute atomic E-state index is 11.5. The van der Waals surface area contributed by atoms with E-state index in [0.717, 1.165) is 0 Å². The first-order valence-electron chi connectivity index (χ1n) is 5.75. The van der Waals surface area contributed by atoms with Gasteiger partial charge in [-0.3, -0.25) is 14.9 Å². The number of methoxy groups -OCH3 is 1. The van der Waals surface area contributed by atoms with E-state index in [1.807, 2.05) is 6.92 Å². The molecule has 0 bridgehead atoms. The molecule has 1 amide bonds. The van der Waals surface area contributed by atoms with E-state index in [-0.39, 0.29) is 17.6 Å². The molecule has 1 atom stereocenters. The second-order valence-corrected chi connectivity index (χ2v) is 4.05. The third kappa shape index (κ3) is 5.31. The quantitative estimate of drug-likeness (QED) is 0.482. The van der Waals surface area contributed by atoms with E-state index in [1.165, 1.54) is 24.3 Å². The molecule has 0 radical (unpaired) electrons. The summed E-state index contributed by atoms with van der Waals surface area (Å²) in [6.07, 6.45) is 2.87. The number of nitrogens with zero attached hydrogens (tertiary/aromatic N) is 1. The number of nitro groups is 1. The third-order valence-corrected chi connectivity index (χ3v) is 2.31. The van der Waals surface area contributed by atoms with Crippen LogP contribution in [0.25, 0.3) is 6.08 Å². The van der Waals surface area contributed by atoms with Gasteiger partial charge in [-0.2, -0.15) is 0 Å². The Morgan fingerprint density at radius 3 is 2.95 bits per heavy atom. The van der Waals surface area contributed by atoms with Crippen molar-refractivity contribution in [3.8, 4) is 0 Å². The summed E-state index contributed by atoms with van der Waals surface area (Å²) in [5.74, 6) is -0.268. The van der Waals surface area contributed by atoms with Gasteiger partial charge in [-0.25, -0.2) is 0 Å². The summed E-state index contributed by atoms with van der Waals surface area (Å²) in [4.78, 5) is 21.7. The van der Waals surface area contributed by atoms with E-state index in [2.05, 4.69) is 5.32 Å². The minimum absolute atomic E-state index is 0.00434. The van der Waals surface area contributed by atoms with Crippen molar-refractivity contribution in [2.24, 2.45) is 0 Å². The van der Waals surface area contributed by atoms with Gasteiger partial charge in [-0.15, -0.1) is 0 Å². The van der Waals surface area contributed by atoms with Crippen LogP contribution in [0, 0.1) is 10.1 Å². The Morgan fingerprint density at radius 2 is 2.32 bits per heavy atom. The lowest BCUT2D eigenvalue weighted by Gasteiger charge is -2.10. The Bertz CT molecular complexity index is 485. The largest absolute Gasteiger partial charge is 0.383 e. The smallest absolute Gasteiger partial charge is 0.270 e. The number of carbonyl (C=O) groups is 1. The molecule has 0 aromatic heterocycles. The van der Waals surface area contributed by atoms with E-state index in [4.69, 9.17) is 4.74 Å². The molecule has 0 saturated heterocycles. The van der Waals surface area contributed by atoms with E-state index >= 15 is 0 Å². The Labute approximate surface area is 111 Å². The number of nitrogens with one attached hydrogen (secondary N) is 1. The van der Waals surface area contributed by atoms with Gasteiger partial charge in [0.05, 0.1) is 11.5 Å². The minimum atomic E-state index is -0.474. The SMILES string of the molecule is COCC(C)NC(=O)/C=C/c1cccc([N+](=O)[O-])c1. The van der Waals surface area contributed by atoms with Crippen molar-refractivity contribution in [3.05, 3.63) is 46.0 Å².